The highest BCUT2D eigenvalue weighted by molar-refractivity contribution is 5.91. The molecule has 6 heteroatoms. The average molecular weight is 294 g/mol. The van der Waals surface area contributed by atoms with Gasteiger partial charge in [0.1, 0.15) is 5.75 Å². The Balaban J connectivity index is 2.28. The van der Waals surface area contributed by atoms with Crippen molar-refractivity contribution in [2.45, 2.75) is 18.6 Å². The van der Waals surface area contributed by atoms with Gasteiger partial charge in [-0.15, -0.1) is 0 Å². The van der Waals surface area contributed by atoms with Gasteiger partial charge in [-0.1, -0.05) is 0 Å². The van der Waals surface area contributed by atoms with Gasteiger partial charge in [0.05, 0.1) is 25.9 Å². The lowest BCUT2D eigenvalue weighted by Gasteiger charge is -2.37. The first-order chi connectivity index (χ1) is 10.1. The first-order valence-corrected chi connectivity index (χ1v) is 6.89. The van der Waals surface area contributed by atoms with Gasteiger partial charge in [0.2, 0.25) is 0 Å². The Kier molecular flexibility index (Phi) is 5.03. The van der Waals surface area contributed by atoms with Crippen molar-refractivity contribution >= 4 is 11.7 Å². The summed E-state index contributed by atoms with van der Waals surface area (Å²) in [5, 5.41) is 0. The number of nitrogens with two attached hydrogens (primary N) is 1. The molecule has 0 spiro atoms. The number of nitrogens with zero attached hydrogens (tertiary/aromatic N) is 1. The number of carbonyl (C=O) groups is 1. The second-order valence-electron chi connectivity index (χ2n) is 5.08. The number of piperidine rings is 1. The van der Waals surface area contributed by atoms with Gasteiger partial charge in [0.25, 0.3) is 0 Å². The number of esters is 1. The van der Waals surface area contributed by atoms with E-state index in [1.165, 1.54) is 7.11 Å². The van der Waals surface area contributed by atoms with E-state index in [-0.39, 0.29) is 18.1 Å². The molecule has 21 heavy (non-hydrogen) atoms. The number of anilines is 1. The maximum Gasteiger partial charge on any atom is 0.338 e. The molecule has 1 aromatic rings. The fourth-order valence-electron chi connectivity index (χ4n) is 2.54. The van der Waals surface area contributed by atoms with Gasteiger partial charge >= 0.3 is 5.97 Å². The van der Waals surface area contributed by atoms with Crippen molar-refractivity contribution in [1.82, 2.24) is 0 Å². The SMILES string of the molecule is COC(=O)c1cc(OC)cc(N2CCC(N)C(OC)C2)c1. The number of methoxy groups -OCH3 is 3. The molecule has 1 saturated heterocycles. The minimum Gasteiger partial charge on any atom is -0.497 e. The molecule has 116 valence electrons. The standard InChI is InChI=1S/C15H22N2O4/c1-19-12-7-10(15(18)21-3)6-11(8-12)17-5-4-13(16)14(9-17)20-2/h6-8,13-14H,4-5,9,16H2,1-3H3. The van der Waals surface area contributed by atoms with E-state index in [4.69, 9.17) is 19.9 Å². The second kappa shape index (κ2) is 6.78. The number of ether oxygens (including phenoxy) is 3. The van der Waals surface area contributed by atoms with Gasteiger partial charge in [0, 0.05) is 38.0 Å². The summed E-state index contributed by atoms with van der Waals surface area (Å²) >= 11 is 0. The van der Waals surface area contributed by atoms with Gasteiger partial charge in [-0.25, -0.2) is 4.79 Å². The fourth-order valence-corrected chi connectivity index (χ4v) is 2.54. The molecule has 0 saturated carbocycles. The molecular formula is C15H22N2O4. The Morgan fingerprint density at radius 2 is 2.05 bits per heavy atom. The van der Waals surface area contributed by atoms with Crippen LogP contribution in [-0.2, 0) is 9.47 Å². The summed E-state index contributed by atoms with van der Waals surface area (Å²) in [4.78, 5) is 13.9. The van der Waals surface area contributed by atoms with Crippen LogP contribution in [0.2, 0.25) is 0 Å². The molecule has 2 atom stereocenters. The van der Waals surface area contributed by atoms with Gasteiger partial charge in [-0.05, 0) is 18.6 Å². The number of carbonyl (C=O) groups excluding carboxylic acids is 1. The smallest absolute Gasteiger partial charge is 0.338 e. The molecule has 1 aromatic carbocycles. The Hall–Kier alpha value is -1.79. The predicted molar refractivity (Wildman–Crippen MR) is 79.9 cm³/mol. The van der Waals surface area contributed by atoms with Gasteiger partial charge in [0.15, 0.2) is 0 Å². The highest BCUT2D eigenvalue weighted by atomic mass is 16.5. The molecule has 0 radical (unpaired) electrons. The van der Waals surface area contributed by atoms with Crippen molar-refractivity contribution in [3.63, 3.8) is 0 Å². The van der Waals surface area contributed by atoms with E-state index in [2.05, 4.69) is 4.90 Å². The monoisotopic (exact) mass is 294 g/mol. The summed E-state index contributed by atoms with van der Waals surface area (Å²) in [5.41, 5.74) is 7.41. The molecule has 0 aromatic heterocycles. The molecule has 2 unspecified atom stereocenters. The van der Waals surface area contributed by atoms with Crippen LogP contribution in [0.25, 0.3) is 0 Å². The molecular weight excluding hydrogens is 272 g/mol. The molecule has 1 aliphatic rings. The molecule has 0 amide bonds. The maximum atomic E-state index is 11.7. The lowest BCUT2D eigenvalue weighted by Crippen LogP contribution is -2.51. The number of hydrogen-bond donors (Lipinski definition) is 1. The molecule has 1 fully saturated rings. The zero-order valence-electron chi connectivity index (χ0n) is 12.7. The quantitative estimate of drug-likeness (QED) is 0.836. The Labute approximate surface area is 124 Å². The van der Waals surface area contributed by atoms with Crippen molar-refractivity contribution in [2.75, 3.05) is 39.3 Å². The van der Waals surface area contributed by atoms with Crippen LogP contribution < -0.4 is 15.4 Å². The van der Waals surface area contributed by atoms with Crippen LogP contribution in [0, 0.1) is 0 Å². The van der Waals surface area contributed by atoms with Crippen LogP contribution in [0.5, 0.6) is 5.75 Å². The maximum absolute atomic E-state index is 11.7. The molecule has 6 nitrogen and oxygen atoms in total. The largest absolute Gasteiger partial charge is 0.497 e. The lowest BCUT2D eigenvalue weighted by atomic mass is 10.0. The minimum atomic E-state index is -0.382. The predicted octanol–water partition coefficient (Wildman–Crippen LogP) is 1.03. The summed E-state index contributed by atoms with van der Waals surface area (Å²) in [7, 11) is 4.60. The summed E-state index contributed by atoms with van der Waals surface area (Å²) in [6.07, 6.45) is 0.815. The fraction of sp³-hybridized carbons (Fsp3) is 0.533. The average Bonchev–Trinajstić information content (AvgIpc) is 2.53. The first-order valence-electron chi connectivity index (χ1n) is 6.89. The van der Waals surface area contributed by atoms with E-state index in [0.29, 0.717) is 17.9 Å². The van der Waals surface area contributed by atoms with Crippen LogP contribution in [0.3, 0.4) is 0 Å². The van der Waals surface area contributed by atoms with Crippen molar-refractivity contribution < 1.29 is 19.0 Å². The highest BCUT2D eigenvalue weighted by Crippen LogP contribution is 2.27. The molecule has 2 rings (SSSR count). The van der Waals surface area contributed by atoms with Crippen molar-refractivity contribution in [3.8, 4) is 5.75 Å². The first kappa shape index (κ1) is 15.6. The van der Waals surface area contributed by atoms with E-state index < -0.39 is 0 Å². The third-order valence-electron chi connectivity index (χ3n) is 3.83. The topological polar surface area (TPSA) is 74.0 Å². The number of hydrogen-bond acceptors (Lipinski definition) is 6. The molecule has 1 aliphatic heterocycles. The molecule has 1 heterocycles. The molecule has 2 N–H and O–H groups in total. The summed E-state index contributed by atoms with van der Waals surface area (Å²) < 4.78 is 15.5. The van der Waals surface area contributed by atoms with E-state index >= 15 is 0 Å². The van der Waals surface area contributed by atoms with Crippen LogP contribution in [-0.4, -0.2) is 52.5 Å². The van der Waals surface area contributed by atoms with Crippen LogP contribution in [0.1, 0.15) is 16.8 Å². The van der Waals surface area contributed by atoms with Crippen LogP contribution >= 0.6 is 0 Å². The summed E-state index contributed by atoms with van der Waals surface area (Å²) in [6.45, 7) is 1.50. The number of benzene rings is 1. The van der Waals surface area contributed by atoms with E-state index in [9.17, 15) is 4.79 Å². The lowest BCUT2D eigenvalue weighted by molar-refractivity contribution is 0.0600. The third-order valence-corrected chi connectivity index (χ3v) is 3.83. The van der Waals surface area contributed by atoms with Gasteiger partial charge < -0.3 is 24.8 Å². The zero-order valence-corrected chi connectivity index (χ0v) is 12.7. The van der Waals surface area contributed by atoms with Gasteiger partial charge in [-0.2, -0.15) is 0 Å². The number of rotatable bonds is 4. The van der Waals surface area contributed by atoms with Crippen molar-refractivity contribution in [3.05, 3.63) is 23.8 Å². The zero-order chi connectivity index (χ0) is 15.4. The van der Waals surface area contributed by atoms with E-state index in [1.807, 2.05) is 6.07 Å². The summed E-state index contributed by atoms with van der Waals surface area (Å²) in [5.74, 6) is 0.240. The highest BCUT2D eigenvalue weighted by Gasteiger charge is 2.27. The van der Waals surface area contributed by atoms with Gasteiger partial charge in [-0.3, -0.25) is 0 Å². The minimum absolute atomic E-state index is 0.0217. The molecule has 0 aliphatic carbocycles. The Morgan fingerprint density at radius 1 is 1.29 bits per heavy atom. The second-order valence-corrected chi connectivity index (χ2v) is 5.08. The summed E-state index contributed by atoms with van der Waals surface area (Å²) in [6, 6.07) is 5.41. The normalized spacial score (nSPS) is 22.0. The van der Waals surface area contributed by atoms with Crippen LogP contribution in [0.15, 0.2) is 18.2 Å². The molecule has 0 bridgehead atoms. The Bertz CT molecular complexity index is 506. The van der Waals surface area contributed by atoms with Crippen molar-refractivity contribution in [2.24, 2.45) is 5.73 Å². The third kappa shape index (κ3) is 3.46. The van der Waals surface area contributed by atoms with E-state index in [0.717, 1.165) is 18.7 Å². The van der Waals surface area contributed by atoms with Crippen molar-refractivity contribution in [1.29, 1.82) is 0 Å². The Morgan fingerprint density at radius 3 is 2.67 bits per heavy atom. The van der Waals surface area contributed by atoms with E-state index in [1.54, 1.807) is 26.4 Å². The van der Waals surface area contributed by atoms with Crippen LogP contribution in [0.4, 0.5) is 5.69 Å².